The second-order valence-electron chi connectivity index (χ2n) is 3.22. The van der Waals surface area contributed by atoms with Gasteiger partial charge in [0.25, 0.3) is 0 Å². The molecule has 0 bridgehead atoms. The molecule has 0 aliphatic rings. The molecule has 1 rings (SSSR count). The normalized spacial score (nSPS) is 10.5. The van der Waals surface area contributed by atoms with Gasteiger partial charge in [-0.3, -0.25) is 0 Å². The monoisotopic (exact) mass is 229 g/mol. The lowest BCUT2D eigenvalue weighted by atomic mass is 10.2. The lowest BCUT2D eigenvalue weighted by Gasteiger charge is -2.05. The summed E-state index contributed by atoms with van der Waals surface area (Å²) in [5.41, 5.74) is 6.37. The Labute approximate surface area is 94.0 Å². The maximum atomic E-state index is 13.4. The maximum absolute atomic E-state index is 13.4. The highest BCUT2D eigenvalue weighted by Crippen LogP contribution is 2.20. The molecule has 2 N–H and O–H groups in total. The van der Waals surface area contributed by atoms with Crippen molar-refractivity contribution in [2.75, 3.05) is 25.2 Å². The summed E-state index contributed by atoms with van der Waals surface area (Å²) in [6, 6.07) is 5.13. The topological polar surface area (TPSA) is 35.2 Å². The van der Waals surface area contributed by atoms with Gasteiger partial charge in [-0.1, -0.05) is 12.1 Å². The number of ether oxygens (including phenoxy) is 1. The number of nitrogens with two attached hydrogens (primary N) is 1. The summed E-state index contributed by atoms with van der Waals surface area (Å²) >= 11 is 1.69. The van der Waals surface area contributed by atoms with Crippen LogP contribution in [0, 0.1) is 5.82 Å². The lowest BCUT2D eigenvalue weighted by Crippen LogP contribution is -1.96. The first-order chi connectivity index (χ1) is 7.25. The van der Waals surface area contributed by atoms with E-state index in [9.17, 15) is 4.39 Å². The number of rotatable bonds is 6. The molecule has 0 saturated heterocycles. The maximum Gasteiger partial charge on any atom is 0.150 e. The van der Waals surface area contributed by atoms with Crippen LogP contribution in [0.25, 0.3) is 0 Å². The van der Waals surface area contributed by atoms with Crippen molar-refractivity contribution in [2.24, 2.45) is 0 Å². The average Bonchev–Trinajstić information content (AvgIpc) is 2.24. The predicted octanol–water partition coefficient (Wildman–Crippen LogP) is 2.68. The Morgan fingerprint density at radius 3 is 3.00 bits per heavy atom. The minimum atomic E-state index is -0.281. The van der Waals surface area contributed by atoms with E-state index in [-0.39, 0.29) is 11.5 Å². The molecule has 0 atom stereocenters. The summed E-state index contributed by atoms with van der Waals surface area (Å²) in [4.78, 5) is 0. The van der Waals surface area contributed by atoms with Crippen LogP contribution in [0.2, 0.25) is 0 Å². The van der Waals surface area contributed by atoms with E-state index in [1.54, 1.807) is 37.1 Å². The fraction of sp³-hybridized carbons (Fsp3) is 0.455. The van der Waals surface area contributed by atoms with Crippen LogP contribution in [0.4, 0.5) is 10.1 Å². The first-order valence-electron chi connectivity index (χ1n) is 4.85. The molecule has 1 aromatic rings. The number of halogens is 1. The predicted molar refractivity (Wildman–Crippen MR) is 63.5 cm³/mol. The van der Waals surface area contributed by atoms with E-state index in [0.717, 1.165) is 18.8 Å². The van der Waals surface area contributed by atoms with Crippen LogP contribution in [0.1, 0.15) is 12.0 Å². The van der Waals surface area contributed by atoms with Gasteiger partial charge in [0.15, 0.2) is 0 Å². The molecule has 0 spiro atoms. The zero-order chi connectivity index (χ0) is 11.1. The Kier molecular flexibility index (Phi) is 5.50. The number of hydrogen-bond acceptors (Lipinski definition) is 3. The Morgan fingerprint density at radius 1 is 1.47 bits per heavy atom. The Morgan fingerprint density at radius 2 is 2.27 bits per heavy atom. The van der Waals surface area contributed by atoms with Gasteiger partial charge in [0.1, 0.15) is 5.82 Å². The van der Waals surface area contributed by atoms with Gasteiger partial charge in [-0.2, -0.15) is 11.8 Å². The first kappa shape index (κ1) is 12.3. The van der Waals surface area contributed by atoms with Crippen molar-refractivity contribution in [3.8, 4) is 0 Å². The number of benzene rings is 1. The van der Waals surface area contributed by atoms with Gasteiger partial charge in [-0.15, -0.1) is 0 Å². The third kappa shape index (κ3) is 4.10. The number of hydrogen-bond donors (Lipinski definition) is 1. The molecule has 2 nitrogen and oxygen atoms in total. The molecule has 0 saturated carbocycles. The van der Waals surface area contributed by atoms with Crippen LogP contribution >= 0.6 is 11.8 Å². The van der Waals surface area contributed by atoms with Crippen molar-refractivity contribution in [1.82, 2.24) is 0 Å². The number of nitrogen functional groups attached to an aromatic ring is 1. The van der Waals surface area contributed by atoms with Crippen LogP contribution in [-0.4, -0.2) is 19.5 Å². The highest BCUT2D eigenvalue weighted by atomic mass is 32.2. The molecule has 0 radical (unpaired) electrons. The van der Waals surface area contributed by atoms with Crippen molar-refractivity contribution >= 4 is 17.4 Å². The van der Waals surface area contributed by atoms with E-state index in [1.807, 2.05) is 0 Å². The van der Waals surface area contributed by atoms with Gasteiger partial charge >= 0.3 is 0 Å². The Bertz CT molecular complexity index is 307. The second-order valence-corrected chi connectivity index (χ2v) is 4.32. The second kappa shape index (κ2) is 6.69. The minimum Gasteiger partial charge on any atom is -0.396 e. The molecule has 4 heteroatoms. The molecule has 1 aromatic carbocycles. The molecule has 84 valence electrons. The zero-order valence-electron chi connectivity index (χ0n) is 8.83. The van der Waals surface area contributed by atoms with Crippen molar-refractivity contribution < 1.29 is 9.13 Å². The molecule has 0 aliphatic carbocycles. The van der Waals surface area contributed by atoms with E-state index in [2.05, 4.69) is 0 Å². The Hall–Kier alpha value is -0.740. The highest BCUT2D eigenvalue weighted by molar-refractivity contribution is 7.98. The van der Waals surface area contributed by atoms with Crippen molar-refractivity contribution in [2.45, 2.75) is 12.2 Å². The van der Waals surface area contributed by atoms with Crippen LogP contribution in [0.3, 0.4) is 0 Å². The summed E-state index contributed by atoms with van der Waals surface area (Å²) in [7, 11) is 1.68. The summed E-state index contributed by atoms with van der Waals surface area (Å²) in [5, 5.41) is 0. The van der Waals surface area contributed by atoms with Crippen molar-refractivity contribution in [3.05, 3.63) is 29.6 Å². The summed E-state index contributed by atoms with van der Waals surface area (Å²) in [5.74, 6) is 1.36. The fourth-order valence-electron chi connectivity index (χ4n) is 1.20. The van der Waals surface area contributed by atoms with E-state index < -0.39 is 0 Å². The fourth-order valence-corrected chi connectivity index (χ4v) is 2.11. The summed E-state index contributed by atoms with van der Waals surface area (Å²) in [6.07, 6.45) is 0.991. The number of anilines is 1. The van der Waals surface area contributed by atoms with Crippen molar-refractivity contribution in [1.29, 1.82) is 0 Å². The zero-order valence-corrected chi connectivity index (χ0v) is 9.65. The van der Waals surface area contributed by atoms with E-state index in [1.165, 1.54) is 0 Å². The molecule has 0 unspecified atom stereocenters. The molecule has 0 aliphatic heterocycles. The Balaban J connectivity index is 2.34. The molecular weight excluding hydrogens is 213 g/mol. The van der Waals surface area contributed by atoms with Crippen LogP contribution in [0.5, 0.6) is 0 Å². The average molecular weight is 229 g/mol. The van der Waals surface area contributed by atoms with Crippen LogP contribution in [-0.2, 0) is 10.5 Å². The van der Waals surface area contributed by atoms with E-state index >= 15 is 0 Å². The van der Waals surface area contributed by atoms with Gasteiger partial charge in [-0.25, -0.2) is 4.39 Å². The minimum absolute atomic E-state index is 0.227. The van der Waals surface area contributed by atoms with Gasteiger partial charge in [0.2, 0.25) is 0 Å². The smallest absolute Gasteiger partial charge is 0.150 e. The molecule has 0 amide bonds. The molecule has 0 heterocycles. The standard InChI is InChI=1S/C11H16FNOS/c1-14-6-3-7-15-8-9-4-2-5-10(13)11(9)12/h2,4-5H,3,6-8,13H2,1H3. The first-order valence-corrected chi connectivity index (χ1v) is 6.00. The molecule has 0 aromatic heterocycles. The third-order valence-corrected chi connectivity index (χ3v) is 3.10. The van der Waals surface area contributed by atoms with E-state index in [0.29, 0.717) is 11.3 Å². The summed E-state index contributed by atoms with van der Waals surface area (Å²) < 4.78 is 18.3. The quantitative estimate of drug-likeness (QED) is 0.601. The highest BCUT2D eigenvalue weighted by Gasteiger charge is 2.04. The SMILES string of the molecule is COCCCSCc1cccc(N)c1F. The molecular formula is C11H16FNOS. The number of thioether (sulfide) groups is 1. The van der Waals surface area contributed by atoms with E-state index in [4.69, 9.17) is 10.5 Å². The van der Waals surface area contributed by atoms with Gasteiger partial charge in [0, 0.05) is 19.5 Å². The van der Waals surface area contributed by atoms with Gasteiger partial charge < -0.3 is 10.5 Å². The largest absolute Gasteiger partial charge is 0.396 e. The van der Waals surface area contributed by atoms with Gasteiger partial charge in [-0.05, 0) is 23.8 Å². The van der Waals surface area contributed by atoms with Crippen molar-refractivity contribution in [3.63, 3.8) is 0 Å². The number of methoxy groups -OCH3 is 1. The van der Waals surface area contributed by atoms with Crippen LogP contribution < -0.4 is 5.73 Å². The van der Waals surface area contributed by atoms with Crippen LogP contribution in [0.15, 0.2) is 18.2 Å². The van der Waals surface area contributed by atoms with Gasteiger partial charge in [0.05, 0.1) is 5.69 Å². The molecule has 15 heavy (non-hydrogen) atoms. The molecule has 0 fully saturated rings. The lowest BCUT2D eigenvalue weighted by molar-refractivity contribution is 0.200. The summed E-state index contributed by atoms with van der Waals surface area (Å²) in [6.45, 7) is 0.756. The third-order valence-electron chi connectivity index (χ3n) is 2.00.